The first kappa shape index (κ1) is 17.4. The van der Waals surface area contributed by atoms with Crippen molar-refractivity contribution in [1.82, 2.24) is 9.97 Å². The van der Waals surface area contributed by atoms with Gasteiger partial charge in [0, 0.05) is 12.4 Å². The normalized spacial score (nSPS) is 12.1. The third kappa shape index (κ3) is 4.51. The van der Waals surface area contributed by atoms with Crippen LogP contribution in [0.3, 0.4) is 0 Å². The molecular formula is C15H14F3N5O. The van der Waals surface area contributed by atoms with Crippen LogP contribution in [0.1, 0.15) is 17.6 Å². The van der Waals surface area contributed by atoms with E-state index in [0.29, 0.717) is 0 Å². The van der Waals surface area contributed by atoms with Crippen LogP contribution in [-0.4, -0.2) is 28.5 Å². The fourth-order valence-electron chi connectivity index (χ4n) is 1.65. The van der Waals surface area contributed by atoms with Gasteiger partial charge in [-0.1, -0.05) is 12.1 Å². The number of hydrazone groups is 1. The molecule has 1 aromatic carbocycles. The van der Waals surface area contributed by atoms with Crippen molar-refractivity contribution in [3.63, 3.8) is 0 Å². The second-order valence-electron chi connectivity index (χ2n) is 4.69. The average molecular weight is 337 g/mol. The molecule has 0 saturated carbocycles. The van der Waals surface area contributed by atoms with Gasteiger partial charge in [0.05, 0.1) is 17.5 Å². The molecule has 0 saturated heterocycles. The van der Waals surface area contributed by atoms with E-state index >= 15 is 0 Å². The lowest BCUT2D eigenvalue weighted by molar-refractivity contribution is 0.146. The van der Waals surface area contributed by atoms with E-state index in [1.807, 2.05) is 6.92 Å². The standard InChI is InChI=1S/C15H14F3N5O/c1-9-5-21-15(22-6-9)24-8-10(23-19)7-20-12-4-2-3-11(13(12)16)14(17)18/h2-7,14H,8,19H2,1H3. The van der Waals surface area contributed by atoms with Crippen LogP contribution in [0, 0.1) is 12.7 Å². The smallest absolute Gasteiger partial charge is 0.316 e. The molecule has 0 amide bonds. The topological polar surface area (TPSA) is 85.8 Å². The third-order valence-corrected chi connectivity index (χ3v) is 2.87. The Morgan fingerprint density at radius 1 is 1.33 bits per heavy atom. The van der Waals surface area contributed by atoms with Gasteiger partial charge in [-0.3, -0.25) is 4.99 Å². The second kappa shape index (κ2) is 8.04. The highest BCUT2D eigenvalue weighted by molar-refractivity contribution is 6.31. The number of hydrogen-bond acceptors (Lipinski definition) is 6. The molecular weight excluding hydrogens is 323 g/mol. The minimum absolute atomic E-state index is 0.112. The zero-order valence-electron chi connectivity index (χ0n) is 12.7. The van der Waals surface area contributed by atoms with Crippen LogP contribution in [0.4, 0.5) is 18.9 Å². The Morgan fingerprint density at radius 2 is 2.04 bits per heavy atom. The van der Waals surface area contributed by atoms with Gasteiger partial charge in [-0.15, -0.1) is 0 Å². The first-order valence-electron chi connectivity index (χ1n) is 6.80. The average Bonchev–Trinajstić information content (AvgIpc) is 2.57. The monoisotopic (exact) mass is 337 g/mol. The fraction of sp³-hybridized carbons (Fsp3) is 0.200. The summed E-state index contributed by atoms with van der Waals surface area (Å²) in [7, 11) is 0. The molecule has 2 N–H and O–H groups in total. The van der Waals surface area contributed by atoms with E-state index in [1.165, 1.54) is 12.1 Å². The number of benzene rings is 1. The van der Waals surface area contributed by atoms with E-state index in [9.17, 15) is 13.2 Å². The van der Waals surface area contributed by atoms with E-state index < -0.39 is 17.8 Å². The lowest BCUT2D eigenvalue weighted by Gasteiger charge is -2.05. The number of nitrogens with two attached hydrogens (primary N) is 1. The van der Waals surface area contributed by atoms with E-state index in [2.05, 4.69) is 20.1 Å². The van der Waals surface area contributed by atoms with Crippen LogP contribution in [0.5, 0.6) is 6.01 Å². The molecule has 0 fully saturated rings. The molecule has 24 heavy (non-hydrogen) atoms. The molecule has 0 aliphatic heterocycles. The third-order valence-electron chi connectivity index (χ3n) is 2.87. The maximum absolute atomic E-state index is 13.9. The Balaban J connectivity index is 2.06. The van der Waals surface area contributed by atoms with Gasteiger partial charge in [0.25, 0.3) is 6.43 Å². The molecule has 0 aliphatic carbocycles. The zero-order chi connectivity index (χ0) is 17.5. The number of aromatic nitrogens is 2. The van der Waals surface area contributed by atoms with E-state index in [4.69, 9.17) is 10.6 Å². The maximum Gasteiger partial charge on any atom is 0.316 e. The van der Waals surface area contributed by atoms with Crippen LogP contribution in [0.25, 0.3) is 0 Å². The summed E-state index contributed by atoms with van der Waals surface area (Å²) in [5.74, 6) is 4.11. The summed E-state index contributed by atoms with van der Waals surface area (Å²) in [6.07, 6.45) is 1.34. The summed E-state index contributed by atoms with van der Waals surface area (Å²) in [5, 5.41) is 3.44. The predicted molar refractivity (Wildman–Crippen MR) is 83.4 cm³/mol. The first-order valence-corrected chi connectivity index (χ1v) is 6.80. The molecule has 2 rings (SSSR count). The van der Waals surface area contributed by atoms with Gasteiger partial charge in [-0.2, -0.15) is 5.10 Å². The Bertz CT molecular complexity index is 747. The Labute approximate surface area is 135 Å². The molecule has 0 radical (unpaired) electrons. The quantitative estimate of drug-likeness (QED) is 0.499. The molecule has 0 atom stereocenters. The van der Waals surface area contributed by atoms with E-state index in [-0.39, 0.29) is 24.0 Å². The Hall–Kier alpha value is -2.97. The van der Waals surface area contributed by atoms with Crippen molar-refractivity contribution in [2.24, 2.45) is 15.9 Å². The number of ether oxygens (including phenoxy) is 1. The summed E-state index contributed by atoms with van der Waals surface area (Å²) in [4.78, 5) is 11.6. The van der Waals surface area contributed by atoms with Gasteiger partial charge in [-0.05, 0) is 18.6 Å². The molecule has 6 nitrogen and oxygen atoms in total. The lowest BCUT2D eigenvalue weighted by atomic mass is 10.2. The van der Waals surface area contributed by atoms with Gasteiger partial charge >= 0.3 is 6.01 Å². The molecule has 1 aromatic heterocycles. The zero-order valence-corrected chi connectivity index (χ0v) is 12.7. The van der Waals surface area contributed by atoms with Crippen molar-refractivity contribution < 1.29 is 17.9 Å². The lowest BCUT2D eigenvalue weighted by Crippen LogP contribution is -2.16. The number of aliphatic imine (C=N–C) groups is 1. The highest BCUT2D eigenvalue weighted by Crippen LogP contribution is 2.28. The van der Waals surface area contributed by atoms with Crippen molar-refractivity contribution >= 4 is 17.6 Å². The van der Waals surface area contributed by atoms with E-state index in [1.54, 1.807) is 12.4 Å². The SMILES string of the molecule is Cc1cnc(OCC(C=Nc2cccc(C(F)F)c2F)=NN)nc1. The largest absolute Gasteiger partial charge is 0.457 e. The van der Waals surface area contributed by atoms with Crippen LogP contribution >= 0.6 is 0 Å². The highest BCUT2D eigenvalue weighted by atomic mass is 19.3. The van der Waals surface area contributed by atoms with Gasteiger partial charge in [-0.25, -0.2) is 23.1 Å². The molecule has 0 spiro atoms. The number of halogens is 3. The van der Waals surface area contributed by atoms with Crippen molar-refractivity contribution in [2.45, 2.75) is 13.3 Å². The number of aryl methyl sites for hydroxylation is 1. The van der Waals surface area contributed by atoms with Crippen LogP contribution in [0.2, 0.25) is 0 Å². The molecule has 2 aromatic rings. The van der Waals surface area contributed by atoms with Gasteiger partial charge in [0.2, 0.25) is 0 Å². The van der Waals surface area contributed by atoms with Gasteiger partial charge < -0.3 is 10.6 Å². The molecule has 126 valence electrons. The summed E-state index contributed by atoms with van der Waals surface area (Å²) in [6, 6.07) is 3.65. The Kier molecular flexibility index (Phi) is 5.83. The first-order chi connectivity index (χ1) is 11.5. The van der Waals surface area contributed by atoms with Crippen LogP contribution in [-0.2, 0) is 0 Å². The van der Waals surface area contributed by atoms with Crippen LogP contribution in [0.15, 0.2) is 40.7 Å². The van der Waals surface area contributed by atoms with Crippen LogP contribution < -0.4 is 10.6 Å². The molecule has 0 aliphatic rings. The van der Waals surface area contributed by atoms with Crippen molar-refractivity contribution in [1.29, 1.82) is 0 Å². The molecule has 0 bridgehead atoms. The Morgan fingerprint density at radius 3 is 2.67 bits per heavy atom. The minimum atomic E-state index is -2.93. The highest BCUT2D eigenvalue weighted by Gasteiger charge is 2.15. The number of hydrogen-bond donors (Lipinski definition) is 1. The second-order valence-corrected chi connectivity index (χ2v) is 4.69. The van der Waals surface area contributed by atoms with Crippen molar-refractivity contribution in [2.75, 3.05) is 6.61 Å². The summed E-state index contributed by atoms with van der Waals surface area (Å²) in [6.45, 7) is 1.71. The summed E-state index contributed by atoms with van der Waals surface area (Å²) < 4.78 is 44.4. The van der Waals surface area contributed by atoms with Crippen molar-refractivity contribution in [3.8, 4) is 6.01 Å². The summed E-state index contributed by atoms with van der Waals surface area (Å²) >= 11 is 0. The van der Waals surface area contributed by atoms with Crippen molar-refractivity contribution in [3.05, 3.63) is 47.5 Å². The van der Waals surface area contributed by atoms with Gasteiger partial charge in [0.1, 0.15) is 12.3 Å². The number of rotatable bonds is 6. The maximum atomic E-state index is 13.9. The minimum Gasteiger partial charge on any atom is -0.457 e. The molecule has 9 heteroatoms. The fourth-order valence-corrected chi connectivity index (χ4v) is 1.65. The van der Waals surface area contributed by atoms with E-state index in [0.717, 1.165) is 17.8 Å². The summed E-state index contributed by atoms with van der Waals surface area (Å²) in [5.41, 5.74) is 0.0489. The van der Waals surface area contributed by atoms with Gasteiger partial charge in [0.15, 0.2) is 5.82 Å². The molecule has 0 unspecified atom stereocenters. The number of alkyl halides is 2. The molecule has 1 heterocycles. The number of nitrogens with zero attached hydrogens (tertiary/aromatic N) is 4. The predicted octanol–water partition coefficient (Wildman–Crippen LogP) is 2.96.